The van der Waals surface area contributed by atoms with Crippen LogP contribution in [0.3, 0.4) is 0 Å². The maximum Gasteiger partial charge on any atom is 0.239 e. The summed E-state index contributed by atoms with van der Waals surface area (Å²) in [5.74, 6) is -0.126. The highest BCUT2D eigenvalue weighted by Crippen LogP contribution is 2.29. The molecule has 0 aliphatic heterocycles. The minimum absolute atomic E-state index is 0.126. The summed E-state index contributed by atoms with van der Waals surface area (Å²) >= 11 is 14.5. The van der Waals surface area contributed by atoms with Gasteiger partial charge in [0.2, 0.25) is 11.0 Å². The van der Waals surface area contributed by atoms with Crippen molar-refractivity contribution in [1.82, 2.24) is 10.2 Å². The first-order valence-corrected chi connectivity index (χ1v) is 9.79. The molecule has 0 aliphatic rings. The molecular weight excluding hydrogens is 397 g/mol. The molecule has 0 unspecified atom stereocenters. The van der Waals surface area contributed by atoms with Gasteiger partial charge in [0.1, 0.15) is 5.01 Å². The normalized spacial score (nSPS) is 12.0. The van der Waals surface area contributed by atoms with Crippen LogP contribution >= 0.6 is 46.3 Å². The summed E-state index contributed by atoms with van der Waals surface area (Å²) in [7, 11) is 0. The molecule has 4 nitrogen and oxygen atoms in total. The summed E-state index contributed by atoms with van der Waals surface area (Å²) in [5, 5.41) is 13.2. The second-order valence-corrected chi connectivity index (χ2v) is 8.39. The zero-order valence-corrected chi connectivity index (χ0v) is 16.2. The van der Waals surface area contributed by atoms with Gasteiger partial charge in [-0.1, -0.05) is 46.7 Å². The minimum Gasteiger partial charge on any atom is -0.300 e. The summed E-state index contributed by atoms with van der Waals surface area (Å²) in [6.07, 6.45) is 0. The number of carbonyl (C=O) groups excluding carboxylic acids is 1. The quantitative estimate of drug-likeness (QED) is 0.554. The van der Waals surface area contributed by atoms with Gasteiger partial charge in [0.15, 0.2) is 0 Å². The van der Waals surface area contributed by atoms with Gasteiger partial charge in [0.05, 0.1) is 5.25 Å². The molecular formula is C17H13Cl2N3OS2. The zero-order valence-electron chi connectivity index (χ0n) is 13.1. The predicted molar refractivity (Wildman–Crippen MR) is 106 cm³/mol. The van der Waals surface area contributed by atoms with Crippen molar-refractivity contribution in [2.24, 2.45) is 0 Å². The fraction of sp³-hybridized carbons (Fsp3) is 0.118. The average molecular weight is 410 g/mol. The molecule has 1 heterocycles. The Bertz CT molecular complexity index is 866. The van der Waals surface area contributed by atoms with Crippen molar-refractivity contribution >= 4 is 57.3 Å². The molecule has 128 valence electrons. The van der Waals surface area contributed by atoms with Crippen molar-refractivity contribution in [1.29, 1.82) is 0 Å². The third-order valence-electron chi connectivity index (χ3n) is 3.24. The van der Waals surface area contributed by atoms with Crippen LogP contribution < -0.4 is 5.32 Å². The number of rotatable bonds is 5. The molecule has 1 amide bonds. The lowest BCUT2D eigenvalue weighted by atomic mass is 10.2. The first-order valence-electron chi connectivity index (χ1n) is 7.34. The van der Waals surface area contributed by atoms with Crippen molar-refractivity contribution < 1.29 is 4.79 Å². The Labute approximate surface area is 163 Å². The van der Waals surface area contributed by atoms with Gasteiger partial charge in [0, 0.05) is 20.5 Å². The molecule has 25 heavy (non-hydrogen) atoms. The Morgan fingerprint density at radius 3 is 2.28 bits per heavy atom. The van der Waals surface area contributed by atoms with Crippen LogP contribution in [-0.2, 0) is 4.79 Å². The van der Waals surface area contributed by atoms with Gasteiger partial charge in [-0.15, -0.1) is 22.0 Å². The Morgan fingerprint density at radius 2 is 1.64 bits per heavy atom. The number of aromatic nitrogens is 2. The largest absolute Gasteiger partial charge is 0.300 e. The molecule has 1 aromatic heterocycles. The molecule has 0 fully saturated rings. The highest BCUT2D eigenvalue weighted by atomic mass is 35.5. The van der Waals surface area contributed by atoms with Gasteiger partial charge in [-0.05, 0) is 43.3 Å². The number of thioether (sulfide) groups is 1. The van der Waals surface area contributed by atoms with Crippen LogP contribution in [0.1, 0.15) is 6.92 Å². The summed E-state index contributed by atoms with van der Waals surface area (Å²) in [4.78, 5) is 13.3. The number of carbonyl (C=O) groups is 1. The second kappa shape index (κ2) is 8.19. The minimum atomic E-state index is -0.274. The molecule has 3 aromatic rings. The highest BCUT2D eigenvalue weighted by molar-refractivity contribution is 8.00. The van der Waals surface area contributed by atoms with Gasteiger partial charge in [-0.25, -0.2) is 0 Å². The number of nitrogens with one attached hydrogen (secondary N) is 1. The molecule has 0 radical (unpaired) electrons. The van der Waals surface area contributed by atoms with E-state index < -0.39 is 0 Å². The maximum atomic E-state index is 12.3. The third-order valence-corrected chi connectivity index (χ3v) is 5.75. The Kier molecular flexibility index (Phi) is 5.96. The molecule has 0 aliphatic carbocycles. The van der Waals surface area contributed by atoms with E-state index >= 15 is 0 Å². The third kappa shape index (κ3) is 4.95. The molecule has 1 N–H and O–H groups in total. The smallest absolute Gasteiger partial charge is 0.239 e. The number of anilines is 1. The average Bonchev–Trinajstić information content (AvgIpc) is 3.06. The Hall–Kier alpha value is -1.60. The molecule has 0 saturated heterocycles. The van der Waals surface area contributed by atoms with Gasteiger partial charge in [-0.3, -0.25) is 10.1 Å². The van der Waals surface area contributed by atoms with Gasteiger partial charge in [0.25, 0.3) is 0 Å². The Morgan fingerprint density at radius 1 is 1.04 bits per heavy atom. The van der Waals surface area contributed by atoms with Crippen molar-refractivity contribution in [2.45, 2.75) is 17.1 Å². The van der Waals surface area contributed by atoms with Crippen molar-refractivity contribution in [3.05, 3.63) is 58.6 Å². The summed E-state index contributed by atoms with van der Waals surface area (Å²) < 4.78 is 0. The van der Waals surface area contributed by atoms with E-state index in [0.29, 0.717) is 15.2 Å². The van der Waals surface area contributed by atoms with E-state index in [1.54, 1.807) is 24.3 Å². The highest BCUT2D eigenvalue weighted by Gasteiger charge is 2.17. The number of amides is 1. The van der Waals surface area contributed by atoms with Crippen molar-refractivity contribution in [3.63, 3.8) is 0 Å². The summed E-state index contributed by atoms with van der Waals surface area (Å²) in [6.45, 7) is 1.84. The van der Waals surface area contributed by atoms with E-state index in [1.165, 1.54) is 23.1 Å². The molecule has 2 aromatic carbocycles. The number of benzene rings is 2. The van der Waals surface area contributed by atoms with Crippen LogP contribution in [0, 0.1) is 0 Å². The lowest BCUT2D eigenvalue weighted by molar-refractivity contribution is -0.115. The standard InChI is InChI=1S/C17H13Cl2N3OS2/c1-10(24-14-8-6-13(19)7-9-14)15(23)20-17-22-21-16(25-17)11-2-4-12(18)5-3-11/h2-10H,1H3,(H,20,22,23)/t10-/m1/s1. The summed E-state index contributed by atoms with van der Waals surface area (Å²) in [5.41, 5.74) is 0.908. The number of hydrogen-bond donors (Lipinski definition) is 1. The van der Waals surface area contributed by atoms with E-state index in [1.807, 2.05) is 31.2 Å². The van der Waals surface area contributed by atoms with E-state index in [2.05, 4.69) is 15.5 Å². The molecule has 0 bridgehead atoms. The fourth-order valence-electron chi connectivity index (χ4n) is 1.96. The molecule has 8 heteroatoms. The topological polar surface area (TPSA) is 54.9 Å². The zero-order chi connectivity index (χ0) is 17.8. The van der Waals surface area contributed by atoms with Crippen molar-refractivity contribution in [3.8, 4) is 10.6 Å². The van der Waals surface area contributed by atoms with Gasteiger partial charge in [-0.2, -0.15) is 0 Å². The van der Waals surface area contributed by atoms with Crippen LogP contribution in [0.25, 0.3) is 10.6 Å². The first-order chi connectivity index (χ1) is 12.0. The van der Waals surface area contributed by atoms with E-state index in [4.69, 9.17) is 23.2 Å². The summed E-state index contributed by atoms with van der Waals surface area (Å²) in [6, 6.07) is 14.7. The molecule has 1 atom stereocenters. The van der Waals surface area contributed by atoms with Crippen LogP contribution in [0.2, 0.25) is 10.0 Å². The number of hydrogen-bond acceptors (Lipinski definition) is 5. The monoisotopic (exact) mass is 409 g/mol. The molecule has 0 spiro atoms. The molecule has 0 saturated carbocycles. The lowest BCUT2D eigenvalue weighted by Crippen LogP contribution is -2.22. The number of halogens is 2. The van der Waals surface area contributed by atoms with E-state index in [-0.39, 0.29) is 11.2 Å². The van der Waals surface area contributed by atoms with E-state index in [0.717, 1.165) is 15.5 Å². The first kappa shape index (κ1) is 18.2. The van der Waals surface area contributed by atoms with Gasteiger partial charge >= 0.3 is 0 Å². The van der Waals surface area contributed by atoms with Crippen molar-refractivity contribution in [2.75, 3.05) is 5.32 Å². The fourth-order valence-corrected chi connectivity index (χ4v) is 3.83. The predicted octanol–water partition coefficient (Wildman–Crippen LogP) is 5.63. The van der Waals surface area contributed by atoms with E-state index in [9.17, 15) is 4.79 Å². The van der Waals surface area contributed by atoms with Crippen LogP contribution in [0.15, 0.2) is 53.4 Å². The number of nitrogens with zero attached hydrogens (tertiary/aromatic N) is 2. The SMILES string of the molecule is C[C@@H](Sc1ccc(Cl)cc1)C(=O)Nc1nnc(-c2ccc(Cl)cc2)s1. The second-order valence-electron chi connectivity index (χ2n) is 5.12. The van der Waals surface area contributed by atoms with Crippen LogP contribution in [0.4, 0.5) is 5.13 Å². The lowest BCUT2D eigenvalue weighted by Gasteiger charge is -2.10. The van der Waals surface area contributed by atoms with Gasteiger partial charge < -0.3 is 0 Å². The van der Waals surface area contributed by atoms with Crippen LogP contribution in [0.5, 0.6) is 0 Å². The Balaban J connectivity index is 1.62. The maximum absolute atomic E-state index is 12.3. The van der Waals surface area contributed by atoms with Crippen LogP contribution in [-0.4, -0.2) is 21.4 Å². The molecule has 3 rings (SSSR count).